The summed E-state index contributed by atoms with van der Waals surface area (Å²) in [7, 11) is 0. The molecule has 0 saturated carbocycles. The van der Waals surface area contributed by atoms with Gasteiger partial charge < -0.3 is 10.1 Å². The number of aryl methyl sites for hydroxylation is 1. The number of imidazole rings is 1. The molecule has 0 N–H and O–H groups in total. The van der Waals surface area contributed by atoms with Gasteiger partial charge >= 0.3 is 5.82 Å². The van der Waals surface area contributed by atoms with Crippen molar-refractivity contribution in [1.29, 1.82) is 0 Å². The van der Waals surface area contributed by atoms with Gasteiger partial charge in [-0.25, -0.2) is 4.98 Å². The molecule has 0 atom stereocenters. The molecule has 0 aromatic carbocycles. The van der Waals surface area contributed by atoms with Crippen LogP contribution in [-0.4, -0.2) is 19.5 Å². The Hall–Kier alpha value is -2.24. The SMILES string of the molecule is Cc1ncn(-c2cccnc2[N+](=O)[O-])c1C. The van der Waals surface area contributed by atoms with Gasteiger partial charge in [0.25, 0.3) is 0 Å². The molecule has 0 aliphatic heterocycles. The molecular weight excluding hydrogens is 208 g/mol. The van der Waals surface area contributed by atoms with Crippen LogP contribution < -0.4 is 0 Å². The zero-order chi connectivity index (χ0) is 11.7. The van der Waals surface area contributed by atoms with Gasteiger partial charge in [-0.15, -0.1) is 0 Å². The molecule has 0 fully saturated rings. The third kappa shape index (κ3) is 1.54. The van der Waals surface area contributed by atoms with E-state index in [1.54, 1.807) is 23.0 Å². The van der Waals surface area contributed by atoms with Crippen molar-refractivity contribution in [3.63, 3.8) is 0 Å². The van der Waals surface area contributed by atoms with E-state index in [4.69, 9.17) is 0 Å². The number of rotatable bonds is 2. The van der Waals surface area contributed by atoms with Crippen LogP contribution in [0, 0.1) is 24.0 Å². The lowest BCUT2D eigenvalue weighted by molar-refractivity contribution is -0.389. The summed E-state index contributed by atoms with van der Waals surface area (Å²) >= 11 is 0. The fourth-order valence-corrected chi connectivity index (χ4v) is 1.46. The van der Waals surface area contributed by atoms with Crippen molar-refractivity contribution in [2.75, 3.05) is 0 Å². The van der Waals surface area contributed by atoms with Crippen LogP contribution in [0.3, 0.4) is 0 Å². The Balaban J connectivity index is 2.64. The first kappa shape index (κ1) is 10.3. The molecule has 2 aromatic heterocycles. The molecule has 0 spiro atoms. The molecule has 0 aliphatic rings. The average molecular weight is 218 g/mol. The predicted octanol–water partition coefficient (Wildman–Crippen LogP) is 1.79. The molecule has 2 aromatic rings. The average Bonchev–Trinajstić information content (AvgIpc) is 2.60. The van der Waals surface area contributed by atoms with Crippen molar-refractivity contribution in [2.24, 2.45) is 0 Å². The van der Waals surface area contributed by atoms with Gasteiger partial charge in [0.05, 0.1) is 12.0 Å². The quantitative estimate of drug-likeness (QED) is 0.569. The molecule has 16 heavy (non-hydrogen) atoms. The molecule has 82 valence electrons. The molecule has 0 radical (unpaired) electrons. The van der Waals surface area contributed by atoms with Crippen molar-refractivity contribution in [2.45, 2.75) is 13.8 Å². The molecule has 6 heteroatoms. The van der Waals surface area contributed by atoms with Crippen LogP contribution in [0.5, 0.6) is 0 Å². The molecule has 0 aliphatic carbocycles. The van der Waals surface area contributed by atoms with Gasteiger partial charge in [0, 0.05) is 5.69 Å². The highest BCUT2D eigenvalue weighted by molar-refractivity contribution is 5.47. The Morgan fingerprint density at radius 2 is 2.12 bits per heavy atom. The minimum Gasteiger partial charge on any atom is -0.358 e. The first-order valence-corrected chi connectivity index (χ1v) is 4.71. The van der Waals surface area contributed by atoms with Gasteiger partial charge in [-0.3, -0.25) is 4.57 Å². The normalized spacial score (nSPS) is 10.4. The van der Waals surface area contributed by atoms with Crippen LogP contribution in [0.25, 0.3) is 5.69 Å². The number of aromatic nitrogens is 3. The van der Waals surface area contributed by atoms with E-state index in [1.165, 1.54) is 6.20 Å². The Morgan fingerprint density at radius 1 is 1.38 bits per heavy atom. The third-order valence-corrected chi connectivity index (χ3v) is 2.45. The molecule has 0 saturated heterocycles. The van der Waals surface area contributed by atoms with E-state index in [1.807, 2.05) is 13.8 Å². The lowest BCUT2D eigenvalue weighted by Crippen LogP contribution is -2.02. The smallest absolute Gasteiger partial charge is 0.358 e. The summed E-state index contributed by atoms with van der Waals surface area (Å²) < 4.78 is 1.67. The molecule has 2 heterocycles. The van der Waals surface area contributed by atoms with E-state index in [0.29, 0.717) is 5.69 Å². The van der Waals surface area contributed by atoms with Crippen molar-refractivity contribution in [3.05, 3.63) is 46.2 Å². The van der Waals surface area contributed by atoms with Crippen LogP contribution in [0.2, 0.25) is 0 Å². The molecule has 6 nitrogen and oxygen atoms in total. The third-order valence-electron chi connectivity index (χ3n) is 2.45. The summed E-state index contributed by atoms with van der Waals surface area (Å²) in [5, 5.41) is 10.8. The van der Waals surface area contributed by atoms with Crippen LogP contribution in [-0.2, 0) is 0 Å². The van der Waals surface area contributed by atoms with Gasteiger partial charge in [0.15, 0.2) is 0 Å². The largest absolute Gasteiger partial charge is 0.387 e. The molecule has 0 bridgehead atoms. The van der Waals surface area contributed by atoms with E-state index in [0.717, 1.165) is 11.4 Å². The zero-order valence-electron chi connectivity index (χ0n) is 8.91. The second-order valence-corrected chi connectivity index (χ2v) is 3.39. The van der Waals surface area contributed by atoms with E-state index < -0.39 is 4.92 Å². The maximum absolute atomic E-state index is 10.8. The van der Waals surface area contributed by atoms with Crippen LogP contribution in [0.1, 0.15) is 11.4 Å². The molecule has 0 amide bonds. The minimum atomic E-state index is -0.496. The molecular formula is C10H10N4O2. The topological polar surface area (TPSA) is 73.8 Å². The first-order valence-electron chi connectivity index (χ1n) is 4.71. The second-order valence-electron chi connectivity index (χ2n) is 3.39. The van der Waals surface area contributed by atoms with Crippen LogP contribution >= 0.6 is 0 Å². The Kier molecular flexibility index (Phi) is 2.40. The summed E-state index contributed by atoms with van der Waals surface area (Å²) in [6, 6.07) is 3.32. The highest BCUT2D eigenvalue weighted by atomic mass is 16.6. The van der Waals surface area contributed by atoms with Crippen LogP contribution in [0.15, 0.2) is 24.7 Å². The number of pyridine rings is 1. The van der Waals surface area contributed by atoms with E-state index in [9.17, 15) is 10.1 Å². The number of hydrogen-bond acceptors (Lipinski definition) is 4. The molecule has 0 unspecified atom stereocenters. The summed E-state index contributed by atoms with van der Waals surface area (Å²) in [5.74, 6) is -0.164. The first-order chi connectivity index (χ1) is 7.61. The highest BCUT2D eigenvalue weighted by Crippen LogP contribution is 2.21. The second kappa shape index (κ2) is 3.73. The fourth-order valence-electron chi connectivity index (χ4n) is 1.46. The molecule has 2 rings (SSSR count). The van der Waals surface area contributed by atoms with E-state index in [2.05, 4.69) is 9.97 Å². The summed E-state index contributed by atoms with van der Waals surface area (Å²) in [6.07, 6.45) is 2.97. The van der Waals surface area contributed by atoms with Crippen molar-refractivity contribution in [3.8, 4) is 5.69 Å². The van der Waals surface area contributed by atoms with Gasteiger partial charge in [-0.05, 0) is 35.9 Å². The number of nitro groups is 1. The van der Waals surface area contributed by atoms with Gasteiger partial charge in [0.1, 0.15) is 11.9 Å². The Labute approximate surface area is 91.7 Å². The van der Waals surface area contributed by atoms with Gasteiger partial charge in [-0.1, -0.05) is 0 Å². The van der Waals surface area contributed by atoms with Crippen molar-refractivity contribution < 1.29 is 4.92 Å². The lowest BCUT2D eigenvalue weighted by Gasteiger charge is -2.04. The summed E-state index contributed by atoms with van der Waals surface area (Å²) in [6.45, 7) is 3.72. The van der Waals surface area contributed by atoms with Crippen LogP contribution in [0.4, 0.5) is 5.82 Å². The number of hydrogen-bond donors (Lipinski definition) is 0. The number of nitrogens with zero attached hydrogens (tertiary/aromatic N) is 4. The standard InChI is InChI=1S/C10H10N4O2/c1-7-8(2)13(6-12-7)9-4-3-5-11-10(9)14(15)16/h3-6H,1-2H3. The predicted molar refractivity (Wildman–Crippen MR) is 57.5 cm³/mol. The Morgan fingerprint density at radius 3 is 2.69 bits per heavy atom. The van der Waals surface area contributed by atoms with E-state index in [-0.39, 0.29) is 5.82 Å². The lowest BCUT2D eigenvalue weighted by atomic mass is 10.3. The Bertz CT molecular complexity index is 548. The summed E-state index contributed by atoms with van der Waals surface area (Å²) in [5.41, 5.74) is 2.15. The van der Waals surface area contributed by atoms with Crippen molar-refractivity contribution >= 4 is 5.82 Å². The minimum absolute atomic E-state index is 0.164. The fraction of sp³-hybridized carbons (Fsp3) is 0.200. The van der Waals surface area contributed by atoms with Crippen molar-refractivity contribution in [1.82, 2.24) is 14.5 Å². The van der Waals surface area contributed by atoms with Gasteiger partial charge in [0.2, 0.25) is 0 Å². The zero-order valence-corrected chi connectivity index (χ0v) is 8.91. The van der Waals surface area contributed by atoms with Gasteiger partial charge in [-0.2, -0.15) is 0 Å². The summed E-state index contributed by atoms with van der Waals surface area (Å²) in [4.78, 5) is 18.2. The monoisotopic (exact) mass is 218 g/mol. The maximum atomic E-state index is 10.8. The van der Waals surface area contributed by atoms with E-state index >= 15 is 0 Å². The highest BCUT2D eigenvalue weighted by Gasteiger charge is 2.17. The maximum Gasteiger partial charge on any atom is 0.387 e.